The van der Waals surface area contributed by atoms with Crippen molar-refractivity contribution in [3.63, 3.8) is 0 Å². The van der Waals surface area contributed by atoms with Crippen molar-refractivity contribution < 1.29 is 0 Å². The summed E-state index contributed by atoms with van der Waals surface area (Å²) in [6.45, 7) is 2.44. The van der Waals surface area contributed by atoms with Gasteiger partial charge in [0.05, 0.1) is 11.0 Å². The molecular formula is C11H20N2S. The summed E-state index contributed by atoms with van der Waals surface area (Å²) >= 11 is 5.14. The van der Waals surface area contributed by atoms with Crippen molar-refractivity contribution in [3.8, 4) is 0 Å². The van der Waals surface area contributed by atoms with Gasteiger partial charge in [0.25, 0.3) is 0 Å². The maximum absolute atomic E-state index is 5.78. The Morgan fingerprint density at radius 2 is 2.00 bits per heavy atom. The number of rotatable bonds is 3. The van der Waals surface area contributed by atoms with Gasteiger partial charge >= 0.3 is 0 Å². The van der Waals surface area contributed by atoms with Gasteiger partial charge in [-0.1, -0.05) is 25.1 Å². The molecule has 0 amide bonds. The summed E-state index contributed by atoms with van der Waals surface area (Å²) in [5.74, 6) is 0.935. The van der Waals surface area contributed by atoms with Gasteiger partial charge in [-0.25, -0.2) is 0 Å². The van der Waals surface area contributed by atoms with Crippen LogP contribution in [0.5, 0.6) is 0 Å². The third-order valence-corrected chi connectivity index (χ3v) is 3.93. The summed E-state index contributed by atoms with van der Waals surface area (Å²) in [4.78, 5) is 3.24. The van der Waals surface area contributed by atoms with E-state index in [1.807, 2.05) is 0 Å². The molecule has 3 heteroatoms. The van der Waals surface area contributed by atoms with Gasteiger partial charge in [-0.2, -0.15) is 0 Å². The van der Waals surface area contributed by atoms with Crippen LogP contribution in [-0.4, -0.2) is 29.0 Å². The molecule has 0 radical (unpaired) electrons. The lowest BCUT2D eigenvalue weighted by molar-refractivity contribution is 0.132. The van der Waals surface area contributed by atoms with Crippen molar-refractivity contribution in [1.82, 2.24) is 4.90 Å². The van der Waals surface area contributed by atoms with E-state index in [0.29, 0.717) is 11.0 Å². The predicted molar refractivity (Wildman–Crippen MR) is 63.3 cm³/mol. The predicted octanol–water partition coefficient (Wildman–Crippen LogP) is 1.93. The van der Waals surface area contributed by atoms with Crippen LogP contribution in [0.1, 0.15) is 38.5 Å². The quantitative estimate of drug-likeness (QED) is 0.725. The first kappa shape index (κ1) is 10.4. The molecule has 1 saturated heterocycles. The average Bonchev–Trinajstić information content (AvgIpc) is 2.12. The standard InChI is InChI=1S/C11H20N2S/c12-11(14)10-6-1-2-7-13(10)8-9-4-3-5-9/h9-10H,1-8H2,(H2,12,14). The molecule has 14 heavy (non-hydrogen) atoms. The Hall–Kier alpha value is -0.150. The highest BCUT2D eigenvalue weighted by atomic mass is 32.1. The zero-order chi connectivity index (χ0) is 9.97. The first-order valence-electron chi connectivity index (χ1n) is 5.81. The summed E-state index contributed by atoms with van der Waals surface area (Å²) < 4.78 is 0. The fourth-order valence-corrected chi connectivity index (χ4v) is 2.81. The van der Waals surface area contributed by atoms with Crippen molar-refractivity contribution in [3.05, 3.63) is 0 Å². The Balaban J connectivity index is 1.88. The number of nitrogens with zero attached hydrogens (tertiary/aromatic N) is 1. The molecule has 2 fully saturated rings. The first-order valence-corrected chi connectivity index (χ1v) is 6.21. The molecule has 2 N–H and O–H groups in total. The summed E-state index contributed by atoms with van der Waals surface area (Å²) in [6.07, 6.45) is 8.06. The van der Waals surface area contributed by atoms with E-state index in [1.165, 1.54) is 51.6 Å². The lowest BCUT2D eigenvalue weighted by atomic mass is 9.84. The molecule has 1 unspecified atom stereocenters. The maximum atomic E-state index is 5.78. The zero-order valence-electron chi connectivity index (χ0n) is 8.74. The fourth-order valence-electron chi connectivity index (χ4n) is 2.54. The van der Waals surface area contributed by atoms with Crippen molar-refractivity contribution in [1.29, 1.82) is 0 Å². The van der Waals surface area contributed by atoms with Crippen LogP contribution in [0.2, 0.25) is 0 Å². The molecule has 2 nitrogen and oxygen atoms in total. The molecule has 2 aliphatic rings. The van der Waals surface area contributed by atoms with Crippen LogP contribution in [0.15, 0.2) is 0 Å². The van der Waals surface area contributed by atoms with Crippen molar-refractivity contribution >= 4 is 17.2 Å². The number of hydrogen-bond donors (Lipinski definition) is 1. The van der Waals surface area contributed by atoms with E-state index in [-0.39, 0.29) is 0 Å². The normalized spacial score (nSPS) is 29.9. The van der Waals surface area contributed by atoms with Crippen LogP contribution in [0, 0.1) is 5.92 Å². The van der Waals surface area contributed by atoms with Gasteiger partial charge in [0.2, 0.25) is 0 Å². The monoisotopic (exact) mass is 212 g/mol. The Morgan fingerprint density at radius 1 is 1.21 bits per heavy atom. The van der Waals surface area contributed by atoms with Crippen molar-refractivity contribution in [2.75, 3.05) is 13.1 Å². The van der Waals surface area contributed by atoms with Crippen molar-refractivity contribution in [2.24, 2.45) is 11.7 Å². The molecule has 0 aromatic heterocycles. The molecule has 1 saturated carbocycles. The second kappa shape index (κ2) is 4.58. The van der Waals surface area contributed by atoms with Gasteiger partial charge < -0.3 is 5.73 Å². The Morgan fingerprint density at radius 3 is 2.57 bits per heavy atom. The number of likely N-dealkylation sites (tertiary alicyclic amines) is 1. The number of piperidine rings is 1. The van der Waals surface area contributed by atoms with Crippen LogP contribution >= 0.6 is 12.2 Å². The second-order valence-electron chi connectivity index (χ2n) is 4.71. The molecule has 1 aliphatic carbocycles. The van der Waals surface area contributed by atoms with E-state index < -0.39 is 0 Å². The van der Waals surface area contributed by atoms with Crippen LogP contribution in [-0.2, 0) is 0 Å². The van der Waals surface area contributed by atoms with Crippen LogP contribution < -0.4 is 5.73 Å². The number of hydrogen-bond acceptors (Lipinski definition) is 2. The molecule has 80 valence electrons. The average molecular weight is 212 g/mol. The minimum Gasteiger partial charge on any atom is -0.392 e. The van der Waals surface area contributed by atoms with E-state index in [4.69, 9.17) is 18.0 Å². The molecule has 0 spiro atoms. The third-order valence-electron chi connectivity index (χ3n) is 3.66. The van der Waals surface area contributed by atoms with Crippen molar-refractivity contribution in [2.45, 2.75) is 44.6 Å². The summed E-state index contributed by atoms with van der Waals surface area (Å²) in [5, 5.41) is 0. The Bertz CT molecular complexity index is 213. The summed E-state index contributed by atoms with van der Waals surface area (Å²) in [6, 6.07) is 0.402. The van der Waals surface area contributed by atoms with Crippen LogP contribution in [0.3, 0.4) is 0 Å². The van der Waals surface area contributed by atoms with E-state index >= 15 is 0 Å². The SMILES string of the molecule is NC(=S)C1CCCCN1CC1CCC1. The van der Waals surface area contributed by atoms with E-state index in [0.717, 1.165) is 5.92 Å². The lowest BCUT2D eigenvalue weighted by Crippen LogP contribution is -2.49. The van der Waals surface area contributed by atoms with E-state index in [9.17, 15) is 0 Å². The molecule has 0 aromatic carbocycles. The molecule has 1 atom stereocenters. The highest BCUT2D eigenvalue weighted by Gasteiger charge is 2.28. The first-order chi connectivity index (χ1) is 6.77. The minimum absolute atomic E-state index is 0.402. The zero-order valence-corrected chi connectivity index (χ0v) is 9.56. The second-order valence-corrected chi connectivity index (χ2v) is 5.18. The highest BCUT2D eigenvalue weighted by Crippen LogP contribution is 2.29. The largest absolute Gasteiger partial charge is 0.392 e. The molecular weight excluding hydrogens is 192 g/mol. The Kier molecular flexibility index (Phi) is 3.39. The minimum atomic E-state index is 0.402. The highest BCUT2D eigenvalue weighted by molar-refractivity contribution is 7.80. The smallest absolute Gasteiger partial charge is 0.0902 e. The fraction of sp³-hybridized carbons (Fsp3) is 0.909. The van der Waals surface area contributed by atoms with Gasteiger partial charge in [-0.05, 0) is 38.1 Å². The maximum Gasteiger partial charge on any atom is 0.0902 e. The molecule has 1 heterocycles. The lowest BCUT2D eigenvalue weighted by Gasteiger charge is -2.39. The molecule has 2 rings (SSSR count). The molecule has 0 aromatic rings. The summed E-state index contributed by atoms with van der Waals surface area (Å²) in [5.41, 5.74) is 5.78. The van der Waals surface area contributed by atoms with Gasteiger partial charge in [0.1, 0.15) is 0 Å². The molecule has 1 aliphatic heterocycles. The van der Waals surface area contributed by atoms with Gasteiger partial charge in [-0.3, -0.25) is 4.90 Å². The number of nitrogens with two attached hydrogens (primary N) is 1. The Labute approximate surface area is 91.8 Å². The third kappa shape index (κ3) is 2.26. The number of thiocarbonyl (C=S) groups is 1. The van der Waals surface area contributed by atoms with E-state index in [1.54, 1.807) is 0 Å². The van der Waals surface area contributed by atoms with Gasteiger partial charge in [0.15, 0.2) is 0 Å². The van der Waals surface area contributed by atoms with Crippen LogP contribution in [0.25, 0.3) is 0 Å². The molecule has 0 bridgehead atoms. The topological polar surface area (TPSA) is 29.3 Å². The van der Waals surface area contributed by atoms with Gasteiger partial charge in [-0.15, -0.1) is 0 Å². The van der Waals surface area contributed by atoms with Crippen LogP contribution in [0.4, 0.5) is 0 Å². The van der Waals surface area contributed by atoms with E-state index in [2.05, 4.69) is 4.90 Å². The summed E-state index contributed by atoms with van der Waals surface area (Å²) in [7, 11) is 0. The van der Waals surface area contributed by atoms with Gasteiger partial charge in [0, 0.05) is 6.54 Å².